The van der Waals surface area contributed by atoms with E-state index in [1.165, 1.54) is 18.1 Å². The van der Waals surface area contributed by atoms with Gasteiger partial charge in [0.05, 0.1) is 0 Å². The molecule has 10 heteroatoms. The number of hydrogen-bond donors (Lipinski definition) is 4. The van der Waals surface area contributed by atoms with Crippen molar-refractivity contribution >= 4 is 23.4 Å². The van der Waals surface area contributed by atoms with Crippen molar-refractivity contribution < 1.29 is 13.6 Å². The number of amides is 1. The Balaban J connectivity index is 1.76. The average Bonchev–Trinajstić information content (AvgIpc) is 2.92. The highest BCUT2D eigenvalue weighted by Crippen LogP contribution is 2.38. The number of halogens is 2. The van der Waals surface area contributed by atoms with Gasteiger partial charge in [0.25, 0.3) is 6.43 Å². The summed E-state index contributed by atoms with van der Waals surface area (Å²) in [7, 11) is 3.50. The van der Waals surface area contributed by atoms with Crippen LogP contribution >= 0.6 is 0 Å². The number of aryl methyl sites for hydroxylation is 1. The first-order valence-electron chi connectivity index (χ1n) is 13.6. The van der Waals surface area contributed by atoms with Crippen LogP contribution < -0.4 is 26.6 Å². The summed E-state index contributed by atoms with van der Waals surface area (Å²) in [5, 5.41) is 10.7. The van der Waals surface area contributed by atoms with Gasteiger partial charge in [0.2, 0.25) is 5.91 Å². The number of rotatable bonds is 8. The summed E-state index contributed by atoms with van der Waals surface area (Å²) in [5.41, 5.74) is 10.7. The summed E-state index contributed by atoms with van der Waals surface area (Å²) in [6, 6.07) is 3.85. The molecule has 208 valence electrons. The fourth-order valence-corrected chi connectivity index (χ4v) is 5.92. The number of carbonyl (C=O) groups is 1. The maximum atomic E-state index is 14.3. The molecule has 1 amide bonds. The maximum absolute atomic E-state index is 14.3. The topological polar surface area (TPSA) is 98.0 Å². The molecule has 5 N–H and O–H groups in total. The Morgan fingerprint density at radius 2 is 2.00 bits per heavy atom. The highest BCUT2D eigenvalue weighted by Gasteiger charge is 2.33. The summed E-state index contributed by atoms with van der Waals surface area (Å²) >= 11 is 0. The van der Waals surface area contributed by atoms with Crippen LogP contribution in [-0.2, 0) is 11.2 Å². The summed E-state index contributed by atoms with van der Waals surface area (Å²) in [4.78, 5) is 20.4. The molecule has 0 spiro atoms. The van der Waals surface area contributed by atoms with Gasteiger partial charge in [-0.1, -0.05) is 0 Å². The lowest BCUT2D eigenvalue weighted by atomic mass is 9.91. The first-order chi connectivity index (χ1) is 18.4. The Morgan fingerprint density at radius 3 is 2.63 bits per heavy atom. The minimum absolute atomic E-state index is 0.0423. The van der Waals surface area contributed by atoms with Crippen LogP contribution in [0.25, 0.3) is 5.57 Å². The minimum Gasteiger partial charge on any atom is -0.404 e. The molecule has 1 atom stereocenters. The molecule has 4 rings (SSSR count). The molecule has 1 aromatic rings. The van der Waals surface area contributed by atoms with Gasteiger partial charge in [-0.15, -0.1) is 0 Å². The van der Waals surface area contributed by atoms with Crippen LogP contribution in [0.1, 0.15) is 55.7 Å². The lowest BCUT2D eigenvalue weighted by molar-refractivity contribution is -0.128. The van der Waals surface area contributed by atoms with E-state index < -0.39 is 6.43 Å². The molecule has 0 saturated carbocycles. The Labute approximate surface area is 224 Å². The number of hydrogen-bond acceptors (Lipinski definition) is 7. The lowest BCUT2D eigenvalue weighted by Crippen LogP contribution is -2.53. The highest BCUT2D eigenvalue weighted by molar-refractivity contribution is 6.10. The molecule has 1 aromatic carbocycles. The van der Waals surface area contributed by atoms with Crippen molar-refractivity contribution in [1.29, 1.82) is 0 Å². The van der Waals surface area contributed by atoms with E-state index in [4.69, 9.17) is 5.73 Å². The van der Waals surface area contributed by atoms with E-state index in [2.05, 4.69) is 25.8 Å². The first kappa shape index (κ1) is 28.0. The van der Waals surface area contributed by atoms with E-state index in [-0.39, 0.29) is 17.6 Å². The molecule has 3 heterocycles. The molecule has 0 aliphatic carbocycles. The van der Waals surface area contributed by atoms with Crippen LogP contribution in [-0.4, -0.2) is 76.0 Å². The van der Waals surface area contributed by atoms with E-state index in [9.17, 15) is 13.6 Å². The molecule has 0 radical (unpaired) electrons. The number of aliphatic imine (C=N–C) groups is 1. The first-order valence-corrected chi connectivity index (χ1v) is 13.6. The van der Waals surface area contributed by atoms with E-state index in [0.29, 0.717) is 30.3 Å². The second-order valence-corrected chi connectivity index (χ2v) is 10.2. The zero-order valence-electron chi connectivity index (χ0n) is 22.7. The SMILES string of the molecule is CN=CC(=CN)c1cc2c(cc1C(F)F)N(C(NC)C1=C(NC3CCNCC3)CCN(C(C)=O)C1)CCC2. The van der Waals surface area contributed by atoms with Gasteiger partial charge in [0.1, 0.15) is 6.17 Å². The van der Waals surface area contributed by atoms with Gasteiger partial charge < -0.3 is 26.2 Å². The number of fused-ring (bicyclic) bond motifs is 1. The van der Waals surface area contributed by atoms with Gasteiger partial charge >= 0.3 is 0 Å². The van der Waals surface area contributed by atoms with Gasteiger partial charge in [-0.3, -0.25) is 15.1 Å². The predicted octanol–water partition coefficient (Wildman–Crippen LogP) is 2.77. The molecule has 1 saturated heterocycles. The van der Waals surface area contributed by atoms with Gasteiger partial charge in [0.15, 0.2) is 0 Å². The smallest absolute Gasteiger partial charge is 0.264 e. The largest absolute Gasteiger partial charge is 0.404 e. The number of nitrogens with two attached hydrogens (primary N) is 1. The predicted molar refractivity (Wildman–Crippen MR) is 149 cm³/mol. The van der Waals surface area contributed by atoms with Gasteiger partial charge in [0, 0.05) is 86.6 Å². The standard InChI is InChI=1S/C28H41F2N7O/c1-18(38)36-12-8-25(35-21-6-9-34-10-7-21)24(17-36)28(33-3)37-11-4-5-19-13-22(20(15-31)16-32-2)23(27(29)30)14-26(19)37/h13-16,21,27-28,33-35H,4-12,17,31H2,1-3H3. The Bertz CT molecular complexity index is 1090. The van der Waals surface area contributed by atoms with E-state index in [0.717, 1.165) is 68.6 Å². The van der Waals surface area contributed by atoms with Gasteiger partial charge in [-0.05, 0) is 69.1 Å². The van der Waals surface area contributed by atoms with Gasteiger partial charge in [-0.25, -0.2) is 8.78 Å². The van der Waals surface area contributed by atoms with Crippen LogP contribution in [0.4, 0.5) is 14.5 Å². The average molecular weight is 530 g/mol. The molecule has 1 fully saturated rings. The van der Waals surface area contributed by atoms with Crippen molar-refractivity contribution in [2.24, 2.45) is 10.7 Å². The number of anilines is 1. The van der Waals surface area contributed by atoms with Crippen molar-refractivity contribution in [3.8, 4) is 0 Å². The quantitative estimate of drug-likeness (QED) is 0.387. The highest BCUT2D eigenvalue weighted by atomic mass is 19.3. The third-order valence-corrected chi connectivity index (χ3v) is 7.86. The van der Waals surface area contributed by atoms with Crippen LogP contribution in [0.5, 0.6) is 0 Å². The van der Waals surface area contributed by atoms with Crippen molar-refractivity contribution in [2.45, 2.75) is 57.7 Å². The number of nitrogens with one attached hydrogen (secondary N) is 3. The summed E-state index contributed by atoms with van der Waals surface area (Å²) < 4.78 is 28.7. The fraction of sp³-hybridized carbons (Fsp3) is 0.571. The van der Waals surface area contributed by atoms with E-state index >= 15 is 0 Å². The Morgan fingerprint density at radius 1 is 1.24 bits per heavy atom. The van der Waals surface area contributed by atoms with E-state index in [1.54, 1.807) is 20.0 Å². The Hall–Kier alpha value is -2.98. The number of nitrogens with zero attached hydrogens (tertiary/aromatic N) is 3. The molecule has 0 bridgehead atoms. The molecule has 3 aliphatic rings. The van der Waals surface area contributed by atoms with Crippen molar-refractivity contribution in [3.63, 3.8) is 0 Å². The zero-order valence-corrected chi connectivity index (χ0v) is 22.7. The summed E-state index contributed by atoms with van der Waals surface area (Å²) in [6.45, 7) is 5.47. The molecule has 38 heavy (non-hydrogen) atoms. The van der Waals surface area contributed by atoms with Crippen LogP contribution in [0, 0.1) is 0 Å². The van der Waals surface area contributed by atoms with Crippen molar-refractivity contribution in [2.75, 3.05) is 51.7 Å². The lowest BCUT2D eigenvalue weighted by Gasteiger charge is -2.43. The van der Waals surface area contributed by atoms with Crippen molar-refractivity contribution in [3.05, 3.63) is 46.3 Å². The third kappa shape index (κ3) is 6.02. The third-order valence-electron chi connectivity index (χ3n) is 7.86. The number of allylic oxidation sites excluding steroid dienone is 1. The monoisotopic (exact) mass is 529 g/mol. The van der Waals surface area contributed by atoms with Gasteiger partial charge in [-0.2, -0.15) is 0 Å². The zero-order chi connectivity index (χ0) is 27.2. The summed E-state index contributed by atoms with van der Waals surface area (Å²) in [5.74, 6) is 0.0423. The van der Waals surface area contributed by atoms with Crippen LogP contribution in [0.3, 0.4) is 0 Å². The minimum atomic E-state index is -2.66. The summed E-state index contributed by atoms with van der Waals surface area (Å²) in [6.07, 6.45) is 4.48. The number of carbonyl (C=O) groups excluding carboxylic acids is 1. The van der Waals surface area contributed by atoms with Crippen LogP contribution in [0.15, 0.2) is 34.6 Å². The molecule has 8 nitrogen and oxygen atoms in total. The number of likely N-dealkylation sites (N-methyl/N-ethyl adjacent to an activating group) is 1. The number of benzene rings is 1. The molecule has 0 aromatic heterocycles. The normalized spacial score (nSPS) is 20.3. The molecule has 1 unspecified atom stereocenters. The number of piperidine rings is 1. The molecular weight excluding hydrogens is 488 g/mol. The van der Waals surface area contributed by atoms with E-state index in [1.807, 2.05) is 18.0 Å². The molecule has 3 aliphatic heterocycles. The van der Waals surface area contributed by atoms with Crippen LogP contribution in [0.2, 0.25) is 0 Å². The number of alkyl halides is 2. The van der Waals surface area contributed by atoms with Crippen molar-refractivity contribution in [1.82, 2.24) is 20.9 Å². The fourth-order valence-electron chi connectivity index (χ4n) is 5.92. The second-order valence-electron chi connectivity index (χ2n) is 10.2. The second kappa shape index (κ2) is 12.7. The Kier molecular flexibility index (Phi) is 9.38. The molecular formula is C28H41F2N7O. The maximum Gasteiger partial charge on any atom is 0.264 e.